The van der Waals surface area contributed by atoms with Crippen LogP contribution in [0.1, 0.15) is 22.0 Å². The van der Waals surface area contributed by atoms with Gasteiger partial charge in [-0.1, -0.05) is 71.1 Å². The second kappa shape index (κ2) is 6.54. The molecule has 1 unspecified atom stereocenters. The number of hydrogen-bond donors (Lipinski definition) is 0. The van der Waals surface area contributed by atoms with Gasteiger partial charge in [-0.05, 0) is 17.7 Å². The zero-order valence-electron chi connectivity index (χ0n) is 9.75. The summed E-state index contributed by atoms with van der Waals surface area (Å²) < 4.78 is 6.26. The third kappa shape index (κ3) is 3.32. The molecule has 92 valence electrons. The smallest absolute Gasteiger partial charge is 0.338 e. The van der Waals surface area contributed by atoms with E-state index in [0.29, 0.717) is 5.56 Å². The molecule has 0 aromatic heterocycles. The molecule has 0 fully saturated rings. The van der Waals surface area contributed by atoms with Crippen molar-refractivity contribution in [2.24, 2.45) is 0 Å². The van der Waals surface area contributed by atoms with E-state index in [1.54, 1.807) is 12.1 Å². The number of esters is 1. The van der Waals surface area contributed by atoms with Crippen LogP contribution in [-0.4, -0.2) is 10.4 Å². The summed E-state index contributed by atoms with van der Waals surface area (Å²) in [4.78, 5) is 12.0. The number of ether oxygens (including phenoxy) is 1. The molecule has 0 amide bonds. The van der Waals surface area contributed by atoms with Gasteiger partial charge < -0.3 is 4.74 Å². The summed E-state index contributed by atoms with van der Waals surface area (Å²) in [7, 11) is 0. The first-order chi connectivity index (χ1) is 8.81. The van der Waals surface area contributed by atoms with Gasteiger partial charge in [-0.15, -0.1) is 0 Å². The van der Waals surface area contributed by atoms with Gasteiger partial charge in [0, 0.05) is 4.43 Å². The monoisotopic (exact) mass is 352 g/mol. The summed E-state index contributed by atoms with van der Waals surface area (Å²) in [5, 5.41) is 0. The third-order valence-corrected chi connectivity index (χ3v) is 3.37. The fraction of sp³-hybridized carbons (Fsp3) is 0.133. The molecule has 1 atom stereocenters. The molecular weight excluding hydrogens is 339 g/mol. The van der Waals surface area contributed by atoms with Crippen molar-refractivity contribution in [2.75, 3.05) is 4.43 Å². The molecule has 2 nitrogen and oxygen atoms in total. The van der Waals surface area contributed by atoms with Crippen LogP contribution in [0.5, 0.6) is 0 Å². The Kier molecular flexibility index (Phi) is 4.75. The molecule has 0 N–H and O–H groups in total. The average Bonchev–Trinajstić information content (AvgIpc) is 2.46. The van der Waals surface area contributed by atoms with Crippen molar-refractivity contribution in [2.45, 2.75) is 6.10 Å². The highest BCUT2D eigenvalue weighted by Gasteiger charge is 2.16. The lowest BCUT2D eigenvalue weighted by Gasteiger charge is -2.15. The Balaban J connectivity index is 2.10. The van der Waals surface area contributed by atoms with E-state index < -0.39 is 0 Å². The average molecular weight is 352 g/mol. The molecule has 0 aliphatic rings. The topological polar surface area (TPSA) is 26.3 Å². The molecule has 2 rings (SSSR count). The van der Waals surface area contributed by atoms with Crippen LogP contribution in [0.25, 0.3) is 0 Å². The third-order valence-electron chi connectivity index (χ3n) is 2.57. The Bertz CT molecular complexity index is 496. The Morgan fingerprint density at radius 3 is 2.11 bits per heavy atom. The maximum Gasteiger partial charge on any atom is 0.338 e. The Labute approximate surface area is 120 Å². The molecule has 0 bridgehead atoms. The van der Waals surface area contributed by atoms with Gasteiger partial charge in [-0.3, -0.25) is 0 Å². The van der Waals surface area contributed by atoms with Gasteiger partial charge in [0.15, 0.2) is 0 Å². The van der Waals surface area contributed by atoms with Crippen molar-refractivity contribution in [3.8, 4) is 0 Å². The fourth-order valence-electron chi connectivity index (χ4n) is 1.63. The van der Waals surface area contributed by atoms with E-state index in [4.69, 9.17) is 4.74 Å². The van der Waals surface area contributed by atoms with Gasteiger partial charge in [-0.25, -0.2) is 4.79 Å². The molecule has 0 heterocycles. The first kappa shape index (κ1) is 13.1. The summed E-state index contributed by atoms with van der Waals surface area (Å²) in [5.74, 6) is -0.277. The zero-order valence-corrected chi connectivity index (χ0v) is 11.9. The summed E-state index contributed by atoms with van der Waals surface area (Å²) in [5.41, 5.74) is 1.61. The SMILES string of the molecule is O=C(OC(CI)c1ccccc1)c1ccccc1. The summed E-state index contributed by atoms with van der Waals surface area (Å²) in [6.07, 6.45) is -0.195. The van der Waals surface area contributed by atoms with Crippen LogP contribution in [0.3, 0.4) is 0 Å². The van der Waals surface area contributed by atoms with Gasteiger partial charge in [0.05, 0.1) is 5.56 Å². The molecule has 0 radical (unpaired) electrons. The molecule has 0 aliphatic carbocycles. The number of rotatable bonds is 4. The fourth-order valence-corrected chi connectivity index (χ4v) is 2.32. The van der Waals surface area contributed by atoms with E-state index in [-0.39, 0.29) is 12.1 Å². The van der Waals surface area contributed by atoms with E-state index in [1.165, 1.54) is 0 Å². The lowest BCUT2D eigenvalue weighted by atomic mass is 10.1. The number of carbonyl (C=O) groups is 1. The Hall–Kier alpha value is -1.36. The van der Waals surface area contributed by atoms with Gasteiger partial charge >= 0.3 is 5.97 Å². The van der Waals surface area contributed by atoms with E-state index >= 15 is 0 Å². The quantitative estimate of drug-likeness (QED) is 0.472. The van der Waals surface area contributed by atoms with Crippen molar-refractivity contribution < 1.29 is 9.53 Å². The van der Waals surface area contributed by atoms with Crippen LogP contribution in [0, 0.1) is 0 Å². The first-order valence-corrected chi connectivity index (χ1v) is 7.21. The largest absolute Gasteiger partial charge is 0.453 e. The summed E-state index contributed by atoms with van der Waals surface area (Å²) in [6, 6.07) is 18.9. The van der Waals surface area contributed by atoms with E-state index in [0.717, 1.165) is 9.99 Å². The van der Waals surface area contributed by atoms with Gasteiger partial charge in [0.2, 0.25) is 0 Å². The van der Waals surface area contributed by atoms with Gasteiger partial charge in [0.25, 0.3) is 0 Å². The minimum absolute atomic E-state index is 0.195. The molecule has 2 aromatic carbocycles. The van der Waals surface area contributed by atoms with Crippen molar-refractivity contribution in [3.63, 3.8) is 0 Å². The minimum Gasteiger partial charge on any atom is -0.453 e. The standard InChI is InChI=1S/C15H13IO2/c16-11-14(12-7-3-1-4-8-12)18-15(17)13-9-5-2-6-10-13/h1-10,14H,11H2. The van der Waals surface area contributed by atoms with Crippen LogP contribution in [0.2, 0.25) is 0 Å². The second-order valence-corrected chi connectivity index (χ2v) is 4.71. The molecule has 18 heavy (non-hydrogen) atoms. The van der Waals surface area contributed by atoms with Crippen molar-refractivity contribution in [1.82, 2.24) is 0 Å². The number of benzene rings is 2. The lowest BCUT2D eigenvalue weighted by Crippen LogP contribution is -2.12. The molecule has 2 aromatic rings. The first-order valence-electron chi connectivity index (χ1n) is 5.68. The van der Waals surface area contributed by atoms with Crippen molar-refractivity contribution >= 4 is 28.6 Å². The summed E-state index contributed by atoms with van der Waals surface area (Å²) in [6.45, 7) is 0. The van der Waals surface area contributed by atoms with Gasteiger partial charge in [-0.2, -0.15) is 0 Å². The maximum absolute atomic E-state index is 12.0. The predicted molar refractivity (Wildman–Crippen MR) is 79.9 cm³/mol. The van der Waals surface area contributed by atoms with Gasteiger partial charge in [0.1, 0.15) is 6.10 Å². The molecule has 3 heteroatoms. The molecule has 0 aliphatic heterocycles. The number of carbonyl (C=O) groups excluding carboxylic acids is 1. The van der Waals surface area contributed by atoms with E-state index in [2.05, 4.69) is 22.6 Å². The summed E-state index contributed by atoms with van der Waals surface area (Å²) >= 11 is 2.23. The maximum atomic E-state index is 12.0. The van der Waals surface area contributed by atoms with E-state index in [1.807, 2.05) is 48.5 Å². The number of hydrogen-bond acceptors (Lipinski definition) is 2. The Morgan fingerprint density at radius 1 is 1.00 bits per heavy atom. The minimum atomic E-state index is -0.277. The second-order valence-electron chi connectivity index (χ2n) is 3.82. The lowest BCUT2D eigenvalue weighted by molar-refractivity contribution is 0.0353. The van der Waals surface area contributed by atoms with Crippen LogP contribution < -0.4 is 0 Å². The highest BCUT2D eigenvalue weighted by Crippen LogP contribution is 2.21. The number of alkyl halides is 1. The predicted octanol–water partition coefficient (Wildman–Crippen LogP) is 4.02. The van der Waals surface area contributed by atoms with Crippen LogP contribution in [0.15, 0.2) is 60.7 Å². The molecule has 0 spiro atoms. The highest BCUT2D eigenvalue weighted by molar-refractivity contribution is 14.1. The van der Waals surface area contributed by atoms with Crippen molar-refractivity contribution in [1.29, 1.82) is 0 Å². The molecular formula is C15H13IO2. The molecule has 0 saturated heterocycles. The van der Waals surface area contributed by atoms with Crippen LogP contribution in [0.4, 0.5) is 0 Å². The highest BCUT2D eigenvalue weighted by atomic mass is 127. The number of halogens is 1. The molecule has 0 saturated carbocycles. The van der Waals surface area contributed by atoms with Crippen LogP contribution in [-0.2, 0) is 4.74 Å². The normalized spacial score (nSPS) is 11.8. The Morgan fingerprint density at radius 2 is 1.56 bits per heavy atom. The van der Waals surface area contributed by atoms with Crippen molar-refractivity contribution in [3.05, 3.63) is 71.8 Å². The van der Waals surface area contributed by atoms with Crippen LogP contribution >= 0.6 is 22.6 Å². The zero-order chi connectivity index (χ0) is 12.8. The van der Waals surface area contributed by atoms with E-state index in [9.17, 15) is 4.79 Å².